The van der Waals surface area contributed by atoms with Crippen molar-refractivity contribution in [1.82, 2.24) is 14.7 Å². The topological polar surface area (TPSA) is 30.0 Å². The summed E-state index contributed by atoms with van der Waals surface area (Å²) < 4.78 is 27.1. The van der Waals surface area contributed by atoms with Crippen LogP contribution < -0.4 is 4.90 Å². The fourth-order valence-electron chi connectivity index (χ4n) is 5.34. The Bertz CT molecular complexity index is 748. The highest BCUT2D eigenvalue weighted by atomic mass is 19.1. The average Bonchev–Trinajstić information content (AvgIpc) is 3.22. The van der Waals surface area contributed by atoms with Crippen LogP contribution in [-0.4, -0.2) is 84.5 Å². The van der Waals surface area contributed by atoms with Gasteiger partial charge < -0.3 is 9.80 Å². The van der Waals surface area contributed by atoms with E-state index in [4.69, 9.17) is 0 Å². The Morgan fingerprint density at radius 1 is 1.00 bits per heavy atom. The predicted molar refractivity (Wildman–Crippen MR) is 103 cm³/mol. The molecular weight excluding hydrogens is 362 g/mol. The monoisotopic (exact) mass is 390 g/mol. The fraction of sp³-hybridized carbons (Fsp3) is 0.667. The number of piperazine rings is 2. The molecule has 3 aliphatic heterocycles. The number of halogens is 2. The number of benzene rings is 1. The molecule has 1 aromatic rings. The molecule has 2 atom stereocenters. The van der Waals surface area contributed by atoms with Crippen LogP contribution >= 0.6 is 0 Å². The molecule has 0 aromatic heterocycles. The van der Waals surface area contributed by atoms with Crippen molar-refractivity contribution in [3.05, 3.63) is 29.8 Å². The summed E-state index contributed by atoms with van der Waals surface area (Å²) >= 11 is 0. The van der Waals surface area contributed by atoms with E-state index in [2.05, 4.69) is 14.7 Å². The first-order chi connectivity index (χ1) is 13.6. The van der Waals surface area contributed by atoms with Crippen molar-refractivity contribution in [2.45, 2.75) is 43.8 Å². The van der Waals surface area contributed by atoms with Gasteiger partial charge in [0.05, 0.1) is 12.2 Å². The van der Waals surface area contributed by atoms with Crippen LogP contribution in [0, 0.1) is 11.6 Å². The fourth-order valence-corrected chi connectivity index (χ4v) is 5.34. The second-order valence-electron chi connectivity index (χ2n) is 8.73. The number of hydrogen-bond donors (Lipinski definition) is 0. The van der Waals surface area contributed by atoms with Gasteiger partial charge in [-0.25, -0.2) is 8.78 Å². The normalized spacial score (nSPS) is 28.8. The van der Waals surface area contributed by atoms with E-state index in [1.807, 2.05) is 4.90 Å². The number of carbonyl (C=O) groups is 1. The van der Waals surface area contributed by atoms with E-state index in [0.717, 1.165) is 44.7 Å². The van der Waals surface area contributed by atoms with Crippen LogP contribution in [0.15, 0.2) is 18.2 Å². The van der Waals surface area contributed by atoms with Crippen molar-refractivity contribution in [1.29, 1.82) is 0 Å². The van der Waals surface area contributed by atoms with Crippen LogP contribution in [0.1, 0.15) is 25.7 Å². The Kier molecular flexibility index (Phi) is 4.75. The largest absolute Gasteiger partial charge is 0.367 e. The van der Waals surface area contributed by atoms with Crippen LogP contribution in [0.2, 0.25) is 0 Å². The third-order valence-corrected chi connectivity index (χ3v) is 7.13. The highest BCUT2D eigenvalue weighted by molar-refractivity contribution is 5.79. The number of nitrogens with zero attached hydrogens (tertiary/aromatic N) is 4. The Morgan fingerprint density at radius 3 is 2.39 bits per heavy atom. The number of rotatable bonds is 4. The van der Waals surface area contributed by atoms with E-state index < -0.39 is 11.6 Å². The van der Waals surface area contributed by atoms with Crippen molar-refractivity contribution in [3.63, 3.8) is 0 Å². The van der Waals surface area contributed by atoms with Crippen molar-refractivity contribution < 1.29 is 13.6 Å². The van der Waals surface area contributed by atoms with Gasteiger partial charge in [-0.3, -0.25) is 14.6 Å². The van der Waals surface area contributed by atoms with Crippen LogP contribution in [-0.2, 0) is 4.79 Å². The van der Waals surface area contributed by atoms with E-state index in [9.17, 15) is 13.6 Å². The van der Waals surface area contributed by atoms with Crippen LogP contribution in [0.5, 0.6) is 0 Å². The van der Waals surface area contributed by atoms with Gasteiger partial charge in [0.1, 0.15) is 11.6 Å². The molecule has 1 amide bonds. The molecule has 3 saturated heterocycles. The Hall–Kier alpha value is -1.73. The predicted octanol–water partition coefficient (Wildman–Crippen LogP) is 1.92. The van der Waals surface area contributed by atoms with Gasteiger partial charge in [-0.2, -0.15) is 0 Å². The molecule has 5 nitrogen and oxygen atoms in total. The Morgan fingerprint density at radius 2 is 1.79 bits per heavy atom. The zero-order chi connectivity index (χ0) is 19.3. The van der Waals surface area contributed by atoms with E-state index in [1.54, 1.807) is 0 Å². The highest BCUT2D eigenvalue weighted by Gasteiger charge is 2.48. The maximum Gasteiger partial charge on any atom is 0.237 e. The summed E-state index contributed by atoms with van der Waals surface area (Å²) in [5, 5.41) is 0. The molecule has 5 rings (SSSR count). The summed E-state index contributed by atoms with van der Waals surface area (Å²) in [5.74, 6) is -0.836. The molecule has 7 heteroatoms. The standard InChI is InChI=1S/C21H28F2N4O/c22-15-4-5-20(19(23)10-15)25-8-6-24(7-9-25)14-21(28)27-13-17-11-18(27)12-26(17)16-2-1-3-16/h4-5,10,16-18H,1-3,6-9,11-14H2/t17-,18-/m1/s1. The maximum absolute atomic E-state index is 14.0. The van der Waals surface area contributed by atoms with E-state index >= 15 is 0 Å². The molecule has 152 valence electrons. The molecule has 4 aliphatic rings. The minimum Gasteiger partial charge on any atom is -0.367 e. The Balaban J connectivity index is 1.12. The molecule has 4 fully saturated rings. The third kappa shape index (κ3) is 3.28. The zero-order valence-corrected chi connectivity index (χ0v) is 16.2. The van der Waals surface area contributed by atoms with Crippen molar-refractivity contribution in [2.24, 2.45) is 0 Å². The lowest BCUT2D eigenvalue weighted by Gasteiger charge is -2.43. The lowest BCUT2D eigenvalue weighted by atomic mass is 9.91. The van der Waals surface area contributed by atoms with Gasteiger partial charge in [0.15, 0.2) is 0 Å². The van der Waals surface area contributed by atoms with E-state index in [0.29, 0.717) is 37.4 Å². The third-order valence-electron chi connectivity index (χ3n) is 7.13. The molecule has 0 radical (unpaired) electrons. The maximum atomic E-state index is 14.0. The second-order valence-corrected chi connectivity index (χ2v) is 8.73. The zero-order valence-electron chi connectivity index (χ0n) is 16.2. The van der Waals surface area contributed by atoms with Crippen molar-refractivity contribution >= 4 is 11.6 Å². The molecule has 1 aliphatic carbocycles. The molecule has 1 aromatic carbocycles. The molecule has 2 bridgehead atoms. The first kappa shape index (κ1) is 18.3. The summed E-state index contributed by atoms with van der Waals surface area (Å²) in [7, 11) is 0. The van der Waals surface area contributed by atoms with Gasteiger partial charge in [-0.15, -0.1) is 0 Å². The molecule has 0 unspecified atom stereocenters. The molecule has 3 heterocycles. The van der Waals surface area contributed by atoms with Gasteiger partial charge in [0.25, 0.3) is 0 Å². The summed E-state index contributed by atoms with van der Waals surface area (Å²) in [5.41, 5.74) is 0.445. The summed E-state index contributed by atoms with van der Waals surface area (Å²) in [6.45, 7) is 5.14. The summed E-state index contributed by atoms with van der Waals surface area (Å²) in [6.07, 6.45) is 5.15. The number of hydrogen-bond acceptors (Lipinski definition) is 4. The Labute approximate surface area is 164 Å². The number of fused-ring (bicyclic) bond motifs is 2. The lowest BCUT2D eigenvalue weighted by Crippen LogP contribution is -2.56. The van der Waals surface area contributed by atoms with Gasteiger partial charge >= 0.3 is 0 Å². The number of amides is 1. The lowest BCUT2D eigenvalue weighted by molar-refractivity contribution is -0.135. The summed E-state index contributed by atoms with van der Waals surface area (Å²) in [6, 6.07) is 5.46. The quantitative estimate of drug-likeness (QED) is 0.786. The van der Waals surface area contributed by atoms with Crippen molar-refractivity contribution in [3.8, 4) is 0 Å². The number of carbonyl (C=O) groups excluding carboxylic acids is 1. The first-order valence-electron chi connectivity index (χ1n) is 10.6. The van der Waals surface area contributed by atoms with Crippen LogP contribution in [0.3, 0.4) is 0 Å². The average molecular weight is 390 g/mol. The minimum absolute atomic E-state index is 0.238. The molecule has 0 N–H and O–H groups in total. The molecule has 28 heavy (non-hydrogen) atoms. The van der Waals surface area contributed by atoms with Crippen LogP contribution in [0.25, 0.3) is 0 Å². The smallest absolute Gasteiger partial charge is 0.237 e. The number of anilines is 1. The van der Waals surface area contributed by atoms with Gasteiger partial charge in [0.2, 0.25) is 5.91 Å². The van der Waals surface area contributed by atoms with Crippen LogP contribution in [0.4, 0.5) is 14.5 Å². The highest BCUT2D eigenvalue weighted by Crippen LogP contribution is 2.37. The number of likely N-dealkylation sites (tertiary alicyclic amines) is 2. The van der Waals surface area contributed by atoms with E-state index in [-0.39, 0.29) is 5.91 Å². The second kappa shape index (κ2) is 7.26. The SMILES string of the molecule is O=C(CN1CCN(c2ccc(F)cc2F)CC1)N1C[C@H]2C[C@@H]1CN2C1CCC1. The van der Waals surface area contributed by atoms with Gasteiger partial charge in [0, 0.05) is 63.5 Å². The minimum atomic E-state index is -0.554. The molecular formula is C21H28F2N4O. The van der Waals surface area contributed by atoms with Gasteiger partial charge in [-0.1, -0.05) is 6.42 Å². The first-order valence-corrected chi connectivity index (χ1v) is 10.6. The van der Waals surface area contributed by atoms with Gasteiger partial charge in [-0.05, 0) is 31.4 Å². The van der Waals surface area contributed by atoms with E-state index in [1.165, 1.54) is 31.4 Å². The molecule has 1 saturated carbocycles. The molecule has 0 spiro atoms. The summed E-state index contributed by atoms with van der Waals surface area (Å²) in [4.78, 5) is 21.7. The van der Waals surface area contributed by atoms with Crippen molar-refractivity contribution in [2.75, 3.05) is 50.7 Å².